The highest BCUT2D eigenvalue weighted by Crippen LogP contribution is 2.28. The van der Waals surface area contributed by atoms with Crippen molar-refractivity contribution in [1.29, 1.82) is 0 Å². The molecule has 0 spiro atoms. The summed E-state index contributed by atoms with van der Waals surface area (Å²) in [4.78, 5) is 25.3. The number of nitrogens with zero attached hydrogens (tertiary/aromatic N) is 1. The van der Waals surface area contributed by atoms with E-state index >= 15 is 0 Å². The Morgan fingerprint density at radius 2 is 1.50 bits per heavy atom. The molecule has 1 saturated heterocycles. The molecule has 130 valence electrons. The van der Waals surface area contributed by atoms with E-state index in [-0.39, 0.29) is 29.6 Å². The van der Waals surface area contributed by atoms with Gasteiger partial charge in [-0.25, -0.2) is 0 Å². The number of Topliss-reactive ketones (excluding diaryl/α,β-unsaturated/α-hetero) is 1. The Morgan fingerprint density at radius 3 is 1.91 bits per heavy atom. The molecule has 1 N–H and O–H groups in total. The number of hydrogen-bond donors (Lipinski definition) is 1. The summed E-state index contributed by atoms with van der Waals surface area (Å²) in [7, 11) is 0. The van der Waals surface area contributed by atoms with E-state index in [1.165, 1.54) is 6.42 Å². The maximum absolute atomic E-state index is 12.2. The Labute approximate surface area is 136 Å². The number of hydrogen-bond acceptors (Lipinski definition) is 3. The number of amides is 1. The fraction of sp³-hybridized carbons (Fsp3) is 0.889. The molecule has 2 fully saturated rings. The second-order valence-electron chi connectivity index (χ2n) is 6.09. The molecule has 1 aliphatic heterocycles. The Balaban J connectivity index is 0.000000789. The summed E-state index contributed by atoms with van der Waals surface area (Å²) in [5.74, 6) is 0.511. The summed E-state index contributed by atoms with van der Waals surface area (Å²) in [6, 6.07) is 0. The van der Waals surface area contributed by atoms with Gasteiger partial charge in [-0.2, -0.15) is 0 Å². The third-order valence-corrected chi connectivity index (χ3v) is 4.12. The average molecular weight is 313 g/mol. The average Bonchev–Trinajstić information content (AvgIpc) is 3.00. The van der Waals surface area contributed by atoms with Gasteiger partial charge >= 0.3 is 0 Å². The molecule has 0 bridgehead atoms. The predicted octanol–water partition coefficient (Wildman–Crippen LogP) is 3.42. The smallest absolute Gasteiger partial charge is 0.225 e. The monoisotopic (exact) mass is 313 g/mol. The van der Waals surface area contributed by atoms with Crippen LogP contribution < -0.4 is 0 Å². The summed E-state index contributed by atoms with van der Waals surface area (Å²) in [5, 5.41) is 9.42. The minimum absolute atomic E-state index is 0.0492. The molecule has 1 amide bonds. The van der Waals surface area contributed by atoms with Gasteiger partial charge in [0, 0.05) is 24.9 Å². The van der Waals surface area contributed by atoms with Crippen LogP contribution in [0.2, 0.25) is 0 Å². The quantitative estimate of drug-likeness (QED) is 0.850. The van der Waals surface area contributed by atoms with Crippen molar-refractivity contribution < 1.29 is 14.7 Å². The SMILES string of the molecule is CC.CC(=O)[C@@H]1CCN(C(=O)C2CCC(O)CC2)C1.CCC. The van der Waals surface area contributed by atoms with Gasteiger partial charge in [-0.1, -0.05) is 34.1 Å². The minimum atomic E-state index is -0.220. The number of rotatable bonds is 2. The Kier molecular flexibility index (Phi) is 11.2. The van der Waals surface area contributed by atoms with Crippen LogP contribution in [0.3, 0.4) is 0 Å². The number of carbonyl (C=O) groups excluding carboxylic acids is 2. The van der Waals surface area contributed by atoms with Gasteiger partial charge in [-0.05, 0) is 39.0 Å². The molecule has 0 aromatic rings. The van der Waals surface area contributed by atoms with Gasteiger partial charge in [0.05, 0.1) is 6.10 Å². The van der Waals surface area contributed by atoms with Gasteiger partial charge in [0.25, 0.3) is 0 Å². The van der Waals surface area contributed by atoms with Gasteiger partial charge in [-0.3, -0.25) is 9.59 Å². The first-order valence-corrected chi connectivity index (χ1v) is 8.96. The molecule has 1 saturated carbocycles. The predicted molar refractivity (Wildman–Crippen MR) is 90.6 cm³/mol. The maximum atomic E-state index is 12.2. The molecule has 0 aromatic carbocycles. The molecule has 22 heavy (non-hydrogen) atoms. The number of aliphatic hydroxyl groups excluding tert-OH is 1. The summed E-state index contributed by atoms with van der Waals surface area (Å²) in [6.07, 6.45) is 4.90. The Morgan fingerprint density at radius 1 is 1.00 bits per heavy atom. The van der Waals surface area contributed by atoms with Crippen LogP contribution in [-0.2, 0) is 9.59 Å². The number of ketones is 1. The van der Waals surface area contributed by atoms with Crippen LogP contribution in [0.5, 0.6) is 0 Å². The van der Waals surface area contributed by atoms with Crippen molar-refractivity contribution in [2.45, 2.75) is 79.2 Å². The molecule has 0 unspecified atom stereocenters. The van der Waals surface area contributed by atoms with Crippen LogP contribution in [0.15, 0.2) is 0 Å². The standard InChI is InChI=1S/C13H21NO3.C3H8.C2H6/c1-9(15)11-6-7-14(8-11)13(17)10-2-4-12(16)5-3-10;1-3-2;1-2/h10-12,16H,2-8H2,1H3;3H2,1-2H3;1-2H3/t10?,11-,12?;;/m1../s1. The zero-order valence-electron chi connectivity index (χ0n) is 15.1. The molecule has 0 radical (unpaired) electrons. The van der Waals surface area contributed by atoms with Gasteiger partial charge < -0.3 is 10.0 Å². The van der Waals surface area contributed by atoms with E-state index in [0.29, 0.717) is 6.54 Å². The van der Waals surface area contributed by atoms with Crippen LogP contribution >= 0.6 is 0 Å². The van der Waals surface area contributed by atoms with Gasteiger partial charge in [0.1, 0.15) is 5.78 Å². The number of aliphatic hydroxyl groups is 1. The first kappa shape index (κ1) is 21.1. The van der Waals surface area contributed by atoms with Crippen molar-refractivity contribution in [1.82, 2.24) is 4.90 Å². The van der Waals surface area contributed by atoms with E-state index in [2.05, 4.69) is 13.8 Å². The minimum Gasteiger partial charge on any atom is -0.393 e. The first-order chi connectivity index (χ1) is 10.5. The van der Waals surface area contributed by atoms with Crippen molar-refractivity contribution in [2.75, 3.05) is 13.1 Å². The lowest BCUT2D eigenvalue weighted by Gasteiger charge is -2.28. The molecular weight excluding hydrogens is 278 g/mol. The topological polar surface area (TPSA) is 57.6 Å². The molecule has 4 nitrogen and oxygen atoms in total. The Bertz CT molecular complexity index is 322. The molecule has 0 aromatic heterocycles. The molecule has 1 atom stereocenters. The molecular formula is C18H35NO3. The third kappa shape index (κ3) is 6.91. The van der Waals surface area contributed by atoms with E-state index in [0.717, 1.165) is 38.6 Å². The molecule has 2 rings (SSSR count). The lowest BCUT2D eigenvalue weighted by molar-refractivity contribution is -0.136. The van der Waals surface area contributed by atoms with E-state index in [1.807, 2.05) is 18.7 Å². The van der Waals surface area contributed by atoms with Crippen LogP contribution in [0.4, 0.5) is 0 Å². The van der Waals surface area contributed by atoms with E-state index in [4.69, 9.17) is 0 Å². The molecule has 1 heterocycles. The fourth-order valence-corrected chi connectivity index (χ4v) is 2.87. The van der Waals surface area contributed by atoms with E-state index < -0.39 is 0 Å². The summed E-state index contributed by atoms with van der Waals surface area (Å²) in [5.41, 5.74) is 0. The van der Waals surface area contributed by atoms with Crippen molar-refractivity contribution in [3.63, 3.8) is 0 Å². The highest BCUT2D eigenvalue weighted by Gasteiger charge is 2.34. The lowest BCUT2D eigenvalue weighted by atomic mass is 9.86. The first-order valence-electron chi connectivity index (χ1n) is 8.96. The second-order valence-corrected chi connectivity index (χ2v) is 6.09. The van der Waals surface area contributed by atoms with E-state index in [1.54, 1.807) is 6.92 Å². The van der Waals surface area contributed by atoms with Crippen LogP contribution in [0, 0.1) is 11.8 Å². The number of likely N-dealkylation sites (tertiary alicyclic amines) is 1. The fourth-order valence-electron chi connectivity index (χ4n) is 2.87. The highest BCUT2D eigenvalue weighted by atomic mass is 16.3. The molecule has 4 heteroatoms. The van der Waals surface area contributed by atoms with Crippen molar-refractivity contribution in [2.24, 2.45) is 11.8 Å². The van der Waals surface area contributed by atoms with Gasteiger partial charge in [-0.15, -0.1) is 0 Å². The lowest BCUT2D eigenvalue weighted by Crippen LogP contribution is -2.37. The normalized spacial score (nSPS) is 27.2. The van der Waals surface area contributed by atoms with Crippen molar-refractivity contribution in [3.8, 4) is 0 Å². The van der Waals surface area contributed by atoms with E-state index in [9.17, 15) is 14.7 Å². The summed E-state index contributed by atoms with van der Waals surface area (Å²) in [6.45, 7) is 11.2. The van der Waals surface area contributed by atoms with Gasteiger partial charge in [0.2, 0.25) is 5.91 Å². The largest absolute Gasteiger partial charge is 0.393 e. The summed E-state index contributed by atoms with van der Waals surface area (Å²) < 4.78 is 0. The number of carbonyl (C=O) groups is 2. The van der Waals surface area contributed by atoms with Crippen molar-refractivity contribution >= 4 is 11.7 Å². The highest BCUT2D eigenvalue weighted by molar-refractivity contribution is 5.83. The second kappa shape index (κ2) is 11.6. The van der Waals surface area contributed by atoms with Crippen LogP contribution in [0.25, 0.3) is 0 Å². The molecule has 1 aliphatic carbocycles. The van der Waals surface area contributed by atoms with Crippen LogP contribution in [-0.4, -0.2) is 40.9 Å². The molecule has 2 aliphatic rings. The zero-order valence-corrected chi connectivity index (χ0v) is 15.1. The van der Waals surface area contributed by atoms with Crippen LogP contribution in [0.1, 0.15) is 73.1 Å². The van der Waals surface area contributed by atoms with Crippen molar-refractivity contribution in [3.05, 3.63) is 0 Å². The maximum Gasteiger partial charge on any atom is 0.225 e. The summed E-state index contributed by atoms with van der Waals surface area (Å²) >= 11 is 0. The Hall–Kier alpha value is -0.900. The van der Waals surface area contributed by atoms with Gasteiger partial charge in [0.15, 0.2) is 0 Å². The zero-order chi connectivity index (χ0) is 17.1. The third-order valence-electron chi connectivity index (χ3n) is 4.12.